The number of phenols is 1. The predicted molar refractivity (Wildman–Crippen MR) is 67.3 cm³/mol. The summed E-state index contributed by atoms with van der Waals surface area (Å²) in [5.74, 6) is -0.0731. The van der Waals surface area contributed by atoms with Gasteiger partial charge in [-0.1, -0.05) is 0 Å². The molecule has 0 saturated carbocycles. The summed E-state index contributed by atoms with van der Waals surface area (Å²) in [6, 6.07) is 5.64. The third-order valence-electron chi connectivity index (χ3n) is 3.05. The van der Waals surface area contributed by atoms with Crippen LogP contribution in [0.3, 0.4) is 0 Å². The predicted octanol–water partition coefficient (Wildman–Crippen LogP) is 0.651. The minimum absolute atomic E-state index is 0.0107. The molecule has 1 fully saturated rings. The fourth-order valence-corrected chi connectivity index (χ4v) is 3.63. The number of rotatable bonds is 1. The van der Waals surface area contributed by atoms with Gasteiger partial charge in [0.25, 0.3) is 5.91 Å². The van der Waals surface area contributed by atoms with Crippen LogP contribution in [0.1, 0.15) is 17.3 Å². The average Bonchev–Trinajstić information content (AvgIpc) is 2.28. The summed E-state index contributed by atoms with van der Waals surface area (Å²) in [6.45, 7) is 1.96. The fourth-order valence-electron chi connectivity index (χ4n) is 2.07. The lowest BCUT2D eigenvalue weighted by atomic mass is 10.1. The Labute approximate surface area is 106 Å². The van der Waals surface area contributed by atoms with Gasteiger partial charge in [-0.2, -0.15) is 0 Å². The van der Waals surface area contributed by atoms with E-state index in [1.165, 1.54) is 24.3 Å². The molecule has 1 aliphatic rings. The van der Waals surface area contributed by atoms with Crippen LogP contribution in [-0.2, 0) is 9.84 Å². The van der Waals surface area contributed by atoms with Gasteiger partial charge < -0.3 is 10.0 Å². The van der Waals surface area contributed by atoms with Gasteiger partial charge in [0, 0.05) is 18.2 Å². The Morgan fingerprint density at radius 3 is 2.50 bits per heavy atom. The van der Waals surface area contributed by atoms with Crippen LogP contribution in [0, 0.1) is 0 Å². The Morgan fingerprint density at radius 2 is 1.94 bits per heavy atom. The van der Waals surface area contributed by atoms with Gasteiger partial charge in [0.1, 0.15) is 5.75 Å². The number of carbonyl (C=O) groups is 1. The molecule has 1 saturated heterocycles. The van der Waals surface area contributed by atoms with E-state index in [1.54, 1.807) is 11.8 Å². The quantitative estimate of drug-likeness (QED) is 0.812. The number of nitrogens with zero attached hydrogens (tertiary/aromatic N) is 1. The second kappa shape index (κ2) is 4.61. The molecule has 18 heavy (non-hydrogen) atoms. The van der Waals surface area contributed by atoms with E-state index in [4.69, 9.17) is 5.11 Å². The van der Waals surface area contributed by atoms with E-state index in [1.807, 2.05) is 0 Å². The SMILES string of the molecule is CC1CS(=O)(=O)CCN1C(=O)c1ccc(O)cc1. The molecule has 1 atom stereocenters. The molecule has 0 aromatic heterocycles. The summed E-state index contributed by atoms with van der Waals surface area (Å²) in [6.07, 6.45) is 0. The van der Waals surface area contributed by atoms with Crippen molar-refractivity contribution in [3.8, 4) is 5.75 Å². The molecule has 5 nitrogen and oxygen atoms in total. The number of hydrogen-bond acceptors (Lipinski definition) is 4. The van der Waals surface area contributed by atoms with E-state index >= 15 is 0 Å². The molecule has 1 aliphatic heterocycles. The van der Waals surface area contributed by atoms with Crippen molar-refractivity contribution >= 4 is 15.7 Å². The van der Waals surface area contributed by atoms with Gasteiger partial charge in [-0.05, 0) is 31.2 Å². The molecular formula is C12H15NO4S. The van der Waals surface area contributed by atoms with Crippen molar-refractivity contribution in [3.63, 3.8) is 0 Å². The molecule has 0 aliphatic carbocycles. The molecule has 0 bridgehead atoms. The molecule has 1 aromatic rings. The molecule has 1 unspecified atom stereocenters. The number of amides is 1. The maximum Gasteiger partial charge on any atom is 0.254 e. The maximum absolute atomic E-state index is 12.2. The number of carbonyl (C=O) groups excluding carboxylic acids is 1. The van der Waals surface area contributed by atoms with Crippen molar-refractivity contribution < 1.29 is 18.3 Å². The largest absolute Gasteiger partial charge is 0.508 e. The van der Waals surface area contributed by atoms with Crippen LogP contribution in [0.4, 0.5) is 0 Å². The van der Waals surface area contributed by atoms with E-state index in [2.05, 4.69) is 0 Å². The van der Waals surface area contributed by atoms with Crippen LogP contribution >= 0.6 is 0 Å². The summed E-state index contributed by atoms with van der Waals surface area (Å²) in [7, 11) is -3.02. The first-order valence-corrected chi connectivity index (χ1v) is 7.51. The van der Waals surface area contributed by atoms with Gasteiger partial charge in [-0.15, -0.1) is 0 Å². The number of benzene rings is 1. The highest BCUT2D eigenvalue weighted by atomic mass is 32.2. The normalized spacial score (nSPS) is 22.7. The van der Waals surface area contributed by atoms with Gasteiger partial charge in [-0.3, -0.25) is 4.79 Å². The van der Waals surface area contributed by atoms with Crippen molar-refractivity contribution in [3.05, 3.63) is 29.8 Å². The third kappa shape index (κ3) is 2.64. The highest BCUT2D eigenvalue weighted by Gasteiger charge is 2.31. The summed E-state index contributed by atoms with van der Waals surface area (Å²) in [5.41, 5.74) is 0.457. The molecular weight excluding hydrogens is 254 g/mol. The van der Waals surface area contributed by atoms with Crippen molar-refractivity contribution in [1.82, 2.24) is 4.90 Å². The van der Waals surface area contributed by atoms with Crippen molar-refractivity contribution in [2.45, 2.75) is 13.0 Å². The molecule has 0 spiro atoms. The van der Waals surface area contributed by atoms with Crippen molar-refractivity contribution in [2.75, 3.05) is 18.1 Å². The lowest BCUT2D eigenvalue weighted by molar-refractivity contribution is 0.0712. The summed E-state index contributed by atoms with van der Waals surface area (Å²) in [5, 5.41) is 9.17. The second-order valence-corrected chi connectivity index (χ2v) is 6.74. The van der Waals surface area contributed by atoms with Gasteiger partial charge >= 0.3 is 0 Å². The van der Waals surface area contributed by atoms with Crippen LogP contribution in [0.25, 0.3) is 0 Å². The zero-order valence-corrected chi connectivity index (χ0v) is 10.9. The number of phenolic OH excluding ortho intramolecular Hbond substituents is 1. The highest BCUT2D eigenvalue weighted by Crippen LogP contribution is 2.17. The lowest BCUT2D eigenvalue weighted by Crippen LogP contribution is -2.49. The Morgan fingerprint density at radius 1 is 1.33 bits per heavy atom. The van der Waals surface area contributed by atoms with Gasteiger partial charge in [0.15, 0.2) is 9.84 Å². The van der Waals surface area contributed by atoms with Crippen LogP contribution in [0.2, 0.25) is 0 Å². The third-order valence-corrected chi connectivity index (χ3v) is 4.84. The lowest BCUT2D eigenvalue weighted by Gasteiger charge is -2.33. The smallest absolute Gasteiger partial charge is 0.254 e. The molecule has 1 N–H and O–H groups in total. The molecule has 0 radical (unpaired) electrons. The van der Waals surface area contributed by atoms with E-state index in [-0.39, 0.29) is 35.7 Å². The monoisotopic (exact) mass is 269 g/mol. The number of aromatic hydroxyl groups is 1. The molecule has 2 rings (SSSR count). The first kappa shape index (κ1) is 12.9. The zero-order valence-electron chi connectivity index (χ0n) is 10.0. The van der Waals surface area contributed by atoms with Crippen LogP contribution in [0.5, 0.6) is 5.75 Å². The molecule has 98 valence electrons. The van der Waals surface area contributed by atoms with Crippen LogP contribution < -0.4 is 0 Å². The Balaban J connectivity index is 2.17. The first-order chi connectivity index (χ1) is 8.39. The maximum atomic E-state index is 12.2. The van der Waals surface area contributed by atoms with Gasteiger partial charge in [-0.25, -0.2) is 8.42 Å². The van der Waals surface area contributed by atoms with Gasteiger partial charge in [0.2, 0.25) is 0 Å². The second-order valence-electron chi connectivity index (χ2n) is 4.51. The van der Waals surface area contributed by atoms with E-state index < -0.39 is 9.84 Å². The summed E-state index contributed by atoms with van der Waals surface area (Å²) >= 11 is 0. The Bertz CT molecular complexity index is 550. The zero-order chi connectivity index (χ0) is 13.3. The number of hydrogen-bond donors (Lipinski definition) is 1. The van der Waals surface area contributed by atoms with Gasteiger partial charge in [0.05, 0.1) is 11.5 Å². The minimum atomic E-state index is -3.02. The number of sulfone groups is 1. The molecule has 1 aromatic carbocycles. The first-order valence-electron chi connectivity index (χ1n) is 5.69. The van der Waals surface area contributed by atoms with E-state index in [0.717, 1.165) is 0 Å². The highest BCUT2D eigenvalue weighted by molar-refractivity contribution is 7.91. The molecule has 6 heteroatoms. The van der Waals surface area contributed by atoms with Crippen LogP contribution in [0.15, 0.2) is 24.3 Å². The topological polar surface area (TPSA) is 74.7 Å². The Kier molecular flexibility index (Phi) is 3.30. The van der Waals surface area contributed by atoms with E-state index in [9.17, 15) is 13.2 Å². The molecule has 1 heterocycles. The fraction of sp³-hybridized carbons (Fsp3) is 0.417. The minimum Gasteiger partial charge on any atom is -0.508 e. The Hall–Kier alpha value is -1.56. The summed E-state index contributed by atoms with van der Waals surface area (Å²) < 4.78 is 22.9. The molecule has 1 amide bonds. The van der Waals surface area contributed by atoms with E-state index in [0.29, 0.717) is 5.56 Å². The standard InChI is InChI=1S/C12H15NO4S/c1-9-8-18(16,17)7-6-13(9)12(15)10-2-4-11(14)5-3-10/h2-5,9,14H,6-8H2,1H3. The summed E-state index contributed by atoms with van der Waals surface area (Å²) in [4.78, 5) is 13.7. The van der Waals surface area contributed by atoms with Crippen LogP contribution in [-0.4, -0.2) is 48.4 Å². The van der Waals surface area contributed by atoms with Crippen molar-refractivity contribution in [1.29, 1.82) is 0 Å². The average molecular weight is 269 g/mol. The van der Waals surface area contributed by atoms with Crippen molar-refractivity contribution in [2.24, 2.45) is 0 Å².